The summed E-state index contributed by atoms with van der Waals surface area (Å²) < 4.78 is 18.5. The Balaban J connectivity index is 2.08. The van der Waals surface area contributed by atoms with Gasteiger partial charge in [0.1, 0.15) is 5.82 Å². The Morgan fingerprint density at radius 3 is 2.95 bits per heavy atom. The van der Waals surface area contributed by atoms with Crippen LogP contribution in [0.25, 0.3) is 0 Å². The van der Waals surface area contributed by atoms with E-state index in [1.165, 1.54) is 18.2 Å². The molecule has 0 saturated heterocycles. The molecule has 1 aliphatic rings. The van der Waals surface area contributed by atoms with Crippen LogP contribution in [0.2, 0.25) is 0 Å². The van der Waals surface area contributed by atoms with E-state index in [0.29, 0.717) is 11.1 Å². The van der Waals surface area contributed by atoms with Crippen molar-refractivity contribution in [1.29, 1.82) is 0 Å². The summed E-state index contributed by atoms with van der Waals surface area (Å²) in [6, 6.07) is 3.99. The first kappa shape index (κ1) is 15.5. The zero-order valence-corrected chi connectivity index (χ0v) is 11.9. The summed E-state index contributed by atoms with van der Waals surface area (Å²) in [5.74, 6) is 4.73. The van der Waals surface area contributed by atoms with Gasteiger partial charge in [0.25, 0.3) is 5.91 Å². The highest BCUT2D eigenvalue weighted by molar-refractivity contribution is 5.97. The molecule has 1 saturated carbocycles. The largest absolute Gasteiger partial charge is 0.395 e. The number of aliphatic hydroxyl groups excluding tert-OH is 1. The topological polar surface area (TPSA) is 58.6 Å². The van der Waals surface area contributed by atoms with Crippen molar-refractivity contribution in [1.82, 2.24) is 5.32 Å². The third-order valence-electron chi connectivity index (χ3n) is 3.45. The van der Waals surface area contributed by atoms with E-state index in [4.69, 9.17) is 9.84 Å². The number of halogens is 1. The highest BCUT2D eigenvalue weighted by atomic mass is 19.1. The van der Waals surface area contributed by atoms with Gasteiger partial charge in [-0.3, -0.25) is 4.79 Å². The number of benzene rings is 1. The molecule has 1 amide bonds. The molecule has 0 aliphatic heterocycles. The maximum Gasteiger partial charge on any atom is 0.252 e. The maximum atomic E-state index is 13.3. The fourth-order valence-corrected chi connectivity index (χ4v) is 2.17. The first-order valence-corrected chi connectivity index (χ1v) is 6.87. The third-order valence-corrected chi connectivity index (χ3v) is 3.45. The monoisotopic (exact) mass is 291 g/mol. The van der Waals surface area contributed by atoms with Crippen LogP contribution in [0.3, 0.4) is 0 Å². The van der Waals surface area contributed by atoms with E-state index in [9.17, 15) is 9.18 Å². The number of aliphatic hydroxyl groups is 1. The van der Waals surface area contributed by atoms with Crippen molar-refractivity contribution >= 4 is 5.91 Å². The summed E-state index contributed by atoms with van der Waals surface area (Å²) in [4.78, 5) is 12.2. The van der Waals surface area contributed by atoms with Gasteiger partial charge in [-0.1, -0.05) is 11.8 Å². The van der Waals surface area contributed by atoms with Gasteiger partial charge in [0, 0.05) is 25.1 Å². The summed E-state index contributed by atoms with van der Waals surface area (Å²) in [6.07, 6.45) is 2.06. The standard InChI is InChI=1S/C16H18FNO3/c1-21-14-9-13(10-14)18-16(20)15-6-5-12(17)8-11(15)4-2-3-7-19/h5-6,8,13-14,19H,3,7,9-10H2,1H3,(H,18,20). The van der Waals surface area contributed by atoms with E-state index >= 15 is 0 Å². The lowest BCUT2D eigenvalue weighted by Gasteiger charge is -2.34. The summed E-state index contributed by atoms with van der Waals surface area (Å²) in [7, 11) is 1.65. The average Bonchev–Trinajstić information content (AvgIpc) is 2.42. The van der Waals surface area contributed by atoms with Crippen molar-refractivity contribution in [3.8, 4) is 11.8 Å². The number of hydrogen-bond acceptors (Lipinski definition) is 3. The van der Waals surface area contributed by atoms with E-state index in [0.717, 1.165) is 12.8 Å². The van der Waals surface area contributed by atoms with Crippen LogP contribution in [-0.4, -0.2) is 36.9 Å². The Morgan fingerprint density at radius 1 is 1.52 bits per heavy atom. The molecule has 0 atom stereocenters. The number of carbonyl (C=O) groups is 1. The summed E-state index contributed by atoms with van der Waals surface area (Å²) in [5, 5.41) is 11.6. The predicted molar refractivity (Wildman–Crippen MR) is 76.3 cm³/mol. The number of carbonyl (C=O) groups excluding carboxylic acids is 1. The SMILES string of the molecule is COC1CC(NC(=O)c2ccc(F)cc2C#CCCO)C1. The fraction of sp³-hybridized carbons (Fsp3) is 0.438. The van der Waals surface area contributed by atoms with Crippen LogP contribution in [0.5, 0.6) is 0 Å². The molecular formula is C16H18FNO3. The smallest absolute Gasteiger partial charge is 0.252 e. The number of methoxy groups -OCH3 is 1. The lowest BCUT2D eigenvalue weighted by molar-refractivity contribution is 0.0176. The van der Waals surface area contributed by atoms with Gasteiger partial charge in [0.15, 0.2) is 0 Å². The minimum Gasteiger partial charge on any atom is -0.395 e. The Morgan fingerprint density at radius 2 is 2.29 bits per heavy atom. The average molecular weight is 291 g/mol. The normalized spacial score (nSPS) is 20.1. The van der Waals surface area contributed by atoms with E-state index in [2.05, 4.69) is 17.2 Å². The molecule has 0 bridgehead atoms. The van der Waals surface area contributed by atoms with E-state index in [1.54, 1.807) is 7.11 Å². The highest BCUT2D eigenvalue weighted by Gasteiger charge is 2.30. The van der Waals surface area contributed by atoms with Crippen molar-refractivity contribution in [3.05, 3.63) is 35.1 Å². The van der Waals surface area contributed by atoms with E-state index < -0.39 is 5.82 Å². The van der Waals surface area contributed by atoms with Crippen molar-refractivity contribution in [2.75, 3.05) is 13.7 Å². The van der Waals surface area contributed by atoms with Gasteiger partial charge in [-0.2, -0.15) is 0 Å². The molecule has 21 heavy (non-hydrogen) atoms. The van der Waals surface area contributed by atoms with E-state index in [1.807, 2.05) is 0 Å². The molecule has 112 valence electrons. The van der Waals surface area contributed by atoms with Crippen LogP contribution in [0, 0.1) is 17.7 Å². The molecule has 0 unspecified atom stereocenters. The molecule has 2 N–H and O–H groups in total. The Hall–Kier alpha value is -1.90. The molecule has 2 rings (SSSR count). The minimum atomic E-state index is -0.442. The van der Waals surface area contributed by atoms with Gasteiger partial charge in [0.2, 0.25) is 0 Å². The van der Waals surface area contributed by atoms with Gasteiger partial charge in [-0.15, -0.1) is 0 Å². The summed E-state index contributed by atoms with van der Waals surface area (Å²) in [5.41, 5.74) is 0.686. The lowest BCUT2D eigenvalue weighted by Crippen LogP contribution is -2.47. The summed E-state index contributed by atoms with van der Waals surface area (Å²) in [6.45, 7) is -0.0652. The van der Waals surface area contributed by atoms with Gasteiger partial charge in [0.05, 0.1) is 18.3 Å². The molecule has 0 aromatic heterocycles. The van der Waals surface area contributed by atoms with Crippen LogP contribution in [-0.2, 0) is 4.74 Å². The minimum absolute atomic E-state index is 0.0652. The van der Waals surface area contributed by atoms with Crippen LogP contribution >= 0.6 is 0 Å². The van der Waals surface area contributed by atoms with Crippen LogP contribution in [0.4, 0.5) is 4.39 Å². The molecule has 1 aromatic carbocycles. The molecule has 4 nitrogen and oxygen atoms in total. The zero-order chi connectivity index (χ0) is 15.2. The molecule has 1 aromatic rings. The van der Waals surface area contributed by atoms with Crippen LogP contribution in [0.1, 0.15) is 35.2 Å². The molecule has 0 radical (unpaired) electrons. The Kier molecular flexibility index (Phi) is 5.32. The number of rotatable bonds is 4. The van der Waals surface area contributed by atoms with Crippen LogP contribution < -0.4 is 5.32 Å². The zero-order valence-electron chi connectivity index (χ0n) is 11.9. The lowest BCUT2D eigenvalue weighted by atomic mass is 9.89. The van der Waals surface area contributed by atoms with Crippen molar-refractivity contribution < 1.29 is 19.0 Å². The second-order valence-corrected chi connectivity index (χ2v) is 4.96. The Labute approximate surface area is 123 Å². The van der Waals surface area contributed by atoms with Crippen molar-refractivity contribution in [2.45, 2.75) is 31.4 Å². The number of ether oxygens (including phenoxy) is 1. The van der Waals surface area contributed by atoms with Crippen molar-refractivity contribution in [2.24, 2.45) is 0 Å². The first-order valence-electron chi connectivity index (χ1n) is 6.87. The van der Waals surface area contributed by atoms with Crippen LogP contribution in [0.15, 0.2) is 18.2 Å². The van der Waals surface area contributed by atoms with E-state index in [-0.39, 0.29) is 31.1 Å². The molecule has 5 heteroatoms. The predicted octanol–water partition coefficient (Wildman–Crippen LogP) is 1.47. The Bertz CT molecular complexity index is 571. The summed E-state index contributed by atoms with van der Waals surface area (Å²) >= 11 is 0. The molecule has 1 fully saturated rings. The second kappa shape index (κ2) is 7.21. The number of hydrogen-bond donors (Lipinski definition) is 2. The molecular weight excluding hydrogens is 273 g/mol. The van der Waals surface area contributed by atoms with Gasteiger partial charge < -0.3 is 15.2 Å². The quantitative estimate of drug-likeness (QED) is 0.826. The van der Waals surface area contributed by atoms with Gasteiger partial charge >= 0.3 is 0 Å². The third kappa shape index (κ3) is 4.03. The number of nitrogens with one attached hydrogen (secondary N) is 1. The fourth-order valence-electron chi connectivity index (χ4n) is 2.17. The van der Waals surface area contributed by atoms with Gasteiger partial charge in [-0.25, -0.2) is 4.39 Å². The number of amides is 1. The van der Waals surface area contributed by atoms with Gasteiger partial charge in [-0.05, 0) is 31.0 Å². The molecule has 1 aliphatic carbocycles. The first-order chi connectivity index (χ1) is 10.1. The molecule has 0 heterocycles. The molecule has 0 spiro atoms. The maximum absolute atomic E-state index is 13.3. The second-order valence-electron chi connectivity index (χ2n) is 4.96. The highest BCUT2D eigenvalue weighted by Crippen LogP contribution is 2.23. The van der Waals surface area contributed by atoms with Crippen molar-refractivity contribution in [3.63, 3.8) is 0 Å².